The Morgan fingerprint density at radius 2 is 1.28 bits per heavy atom. The van der Waals surface area contributed by atoms with Crippen LogP contribution >= 0.6 is 0 Å². The van der Waals surface area contributed by atoms with Crippen molar-refractivity contribution in [3.63, 3.8) is 0 Å². The quantitative estimate of drug-likeness (QED) is 0.291. The van der Waals surface area contributed by atoms with E-state index in [4.69, 9.17) is 0 Å². The number of aromatic nitrogens is 1. The number of aryl methyl sites for hydroxylation is 2. The third-order valence-corrected chi connectivity index (χ3v) is 5.46. The first-order valence-corrected chi connectivity index (χ1v) is 9.76. The zero-order valence-electron chi connectivity index (χ0n) is 16.4. The van der Waals surface area contributed by atoms with E-state index in [0.717, 1.165) is 33.0 Å². The molecule has 0 atom stereocenters. The van der Waals surface area contributed by atoms with Crippen molar-refractivity contribution in [2.45, 2.75) is 13.8 Å². The highest BCUT2D eigenvalue weighted by Crippen LogP contribution is 2.36. The summed E-state index contributed by atoms with van der Waals surface area (Å²) in [5, 5.41) is 3.60. The fourth-order valence-electron chi connectivity index (χ4n) is 4.22. The molecule has 0 spiro atoms. The Hall–Kier alpha value is -3.52. The molecule has 5 aromatic rings. The number of fused-ring (bicyclic) bond motifs is 3. The largest absolute Gasteiger partial charge is 0.256 e. The molecule has 1 nitrogen and oxygen atoms in total. The maximum absolute atomic E-state index is 15.4. The van der Waals surface area contributed by atoms with Gasteiger partial charge in [-0.3, -0.25) is 4.98 Å². The highest BCUT2D eigenvalue weighted by molar-refractivity contribution is 6.12. The Bertz CT molecular complexity index is 1350. The van der Waals surface area contributed by atoms with Gasteiger partial charge in [0.05, 0.1) is 5.69 Å². The van der Waals surface area contributed by atoms with Crippen molar-refractivity contribution in [3.8, 4) is 22.4 Å². The Kier molecular flexibility index (Phi) is 4.13. The highest BCUT2D eigenvalue weighted by atomic mass is 19.1. The molecule has 0 N–H and O–H groups in total. The highest BCUT2D eigenvalue weighted by Gasteiger charge is 2.14. The predicted molar refractivity (Wildman–Crippen MR) is 120 cm³/mol. The second kappa shape index (κ2) is 6.82. The number of halogens is 1. The summed E-state index contributed by atoms with van der Waals surface area (Å²) in [4.78, 5) is 4.66. The predicted octanol–water partition coefficient (Wildman–Crippen LogP) is 7.48. The summed E-state index contributed by atoms with van der Waals surface area (Å²) in [7, 11) is 0. The molecule has 140 valence electrons. The van der Waals surface area contributed by atoms with Crippen molar-refractivity contribution in [1.82, 2.24) is 4.98 Å². The van der Waals surface area contributed by atoms with E-state index in [0.29, 0.717) is 10.9 Å². The Balaban J connectivity index is 1.77. The van der Waals surface area contributed by atoms with Crippen molar-refractivity contribution in [1.29, 1.82) is 0 Å². The smallest absolute Gasteiger partial charge is 0.138 e. The molecule has 29 heavy (non-hydrogen) atoms. The van der Waals surface area contributed by atoms with Crippen molar-refractivity contribution >= 4 is 21.5 Å². The van der Waals surface area contributed by atoms with E-state index in [1.807, 2.05) is 66.9 Å². The van der Waals surface area contributed by atoms with Gasteiger partial charge < -0.3 is 0 Å². The van der Waals surface area contributed by atoms with Crippen LogP contribution in [0.1, 0.15) is 11.1 Å². The molecular weight excluding hydrogens is 357 g/mol. The van der Waals surface area contributed by atoms with Crippen LogP contribution in [0.25, 0.3) is 43.9 Å². The van der Waals surface area contributed by atoms with Gasteiger partial charge >= 0.3 is 0 Å². The van der Waals surface area contributed by atoms with Crippen LogP contribution in [-0.2, 0) is 0 Å². The summed E-state index contributed by atoms with van der Waals surface area (Å²) in [6.07, 6.45) is 1.82. The first-order chi connectivity index (χ1) is 14.1. The van der Waals surface area contributed by atoms with Crippen LogP contribution in [0.4, 0.5) is 4.39 Å². The van der Waals surface area contributed by atoms with Crippen molar-refractivity contribution in [3.05, 3.63) is 102 Å². The molecule has 0 saturated heterocycles. The lowest BCUT2D eigenvalue weighted by Crippen LogP contribution is -1.91. The number of pyridine rings is 1. The number of hydrogen-bond acceptors (Lipinski definition) is 1. The molecule has 1 aromatic heterocycles. The molecule has 0 unspecified atom stereocenters. The van der Waals surface area contributed by atoms with Gasteiger partial charge in [0.25, 0.3) is 0 Å². The Morgan fingerprint density at radius 1 is 0.621 bits per heavy atom. The molecule has 0 radical (unpaired) electrons. The molecule has 0 bridgehead atoms. The van der Waals surface area contributed by atoms with Crippen molar-refractivity contribution in [2.75, 3.05) is 0 Å². The summed E-state index contributed by atoms with van der Waals surface area (Å²) in [5.41, 5.74) is 5.95. The maximum Gasteiger partial charge on any atom is 0.138 e. The molecule has 0 fully saturated rings. The number of benzene rings is 4. The van der Waals surface area contributed by atoms with Crippen LogP contribution in [-0.4, -0.2) is 4.98 Å². The number of hydrogen-bond donors (Lipinski definition) is 0. The number of nitrogens with zero attached hydrogens (tertiary/aromatic N) is 1. The molecule has 0 aliphatic rings. The van der Waals surface area contributed by atoms with Crippen LogP contribution in [0, 0.1) is 19.7 Å². The molecule has 5 rings (SSSR count). The number of rotatable bonds is 2. The van der Waals surface area contributed by atoms with Crippen molar-refractivity contribution < 1.29 is 4.39 Å². The van der Waals surface area contributed by atoms with E-state index >= 15 is 4.39 Å². The lowest BCUT2D eigenvalue weighted by Gasteiger charge is -2.12. The third-order valence-electron chi connectivity index (χ3n) is 5.46. The van der Waals surface area contributed by atoms with E-state index in [9.17, 15) is 0 Å². The summed E-state index contributed by atoms with van der Waals surface area (Å²) in [6, 6.07) is 25.9. The van der Waals surface area contributed by atoms with Gasteiger partial charge in [0.15, 0.2) is 0 Å². The molecule has 1 heterocycles. The average Bonchev–Trinajstić information content (AvgIpc) is 2.73. The van der Waals surface area contributed by atoms with E-state index in [1.54, 1.807) is 0 Å². The first kappa shape index (κ1) is 17.6. The maximum atomic E-state index is 15.4. The molecule has 0 aliphatic carbocycles. The molecule has 2 heteroatoms. The minimum Gasteiger partial charge on any atom is -0.256 e. The first-order valence-electron chi connectivity index (χ1n) is 9.76. The zero-order valence-corrected chi connectivity index (χ0v) is 16.4. The Morgan fingerprint density at radius 3 is 2.03 bits per heavy atom. The van der Waals surface area contributed by atoms with Crippen molar-refractivity contribution in [2.24, 2.45) is 0 Å². The van der Waals surface area contributed by atoms with Crippen LogP contribution in [0.15, 0.2) is 85.1 Å². The second-order valence-corrected chi connectivity index (χ2v) is 7.58. The van der Waals surface area contributed by atoms with Gasteiger partial charge in [-0.15, -0.1) is 0 Å². The van der Waals surface area contributed by atoms with E-state index in [2.05, 4.69) is 37.0 Å². The van der Waals surface area contributed by atoms with Gasteiger partial charge in [-0.2, -0.15) is 0 Å². The fraction of sp³-hybridized carbons (Fsp3) is 0.0741. The Labute approximate surface area is 169 Å². The molecule has 4 aromatic carbocycles. The van der Waals surface area contributed by atoms with Gasteiger partial charge in [-0.1, -0.05) is 71.8 Å². The zero-order chi connectivity index (χ0) is 20.0. The normalized spacial score (nSPS) is 11.3. The lowest BCUT2D eigenvalue weighted by molar-refractivity contribution is 0.643. The monoisotopic (exact) mass is 377 g/mol. The van der Waals surface area contributed by atoms with Gasteiger partial charge in [0, 0.05) is 28.1 Å². The average molecular weight is 377 g/mol. The van der Waals surface area contributed by atoms with E-state index < -0.39 is 0 Å². The molecular formula is C27H20FN. The SMILES string of the molecule is Cc1cc(C)cc(-c2nccc3c2ccc2c(F)c(-c4ccccc4)ccc23)c1. The molecule has 0 saturated carbocycles. The lowest BCUT2D eigenvalue weighted by atomic mass is 9.94. The third kappa shape index (κ3) is 2.98. The fourth-order valence-corrected chi connectivity index (χ4v) is 4.22. The second-order valence-electron chi connectivity index (χ2n) is 7.58. The summed E-state index contributed by atoms with van der Waals surface area (Å²) in [5.74, 6) is -0.180. The van der Waals surface area contributed by atoms with Crippen LogP contribution < -0.4 is 0 Å². The summed E-state index contributed by atoms with van der Waals surface area (Å²) < 4.78 is 15.4. The van der Waals surface area contributed by atoms with Crippen LogP contribution in [0.5, 0.6) is 0 Å². The van der Waals surface area contributed by atoms with Gasteiger partial charge in [-0.05, 0) is 48.4 Å². The van der Waals surface area contributed by atoms with E-state index in [-0.39, 0.29) is 5.82 Å². The topological polar surface area (TPSA) is 12.9 Å². The summed E-state index contributed by atoms with van der Waals surface area (Å²) in [6.45, 7) is 4.19. The minimum absolute atomic E-state index is 0.180. The van der Waals surface area contributed by atoms with Gasteiger partial charge in [0.2, 0.25) is 0 Å². The standard InChI is InChI=1S/C27H20FN/c1-17-14-18(2)16-20(15-17)27-25-11-10-24-22(23(25)12-13-29-27)9-8-21(26(24)28)19-6-4-3-5-7-19/h3-16H,1-2H3. The minimum atomic E-state index is -0.180. The van der Waals surface area contributed by atoms with E-state index in [1.165, 1.54) is 11.1 Å². The summed E-state index contributed by atoms with van der Waals surface area (Å²) >= 11 is 0. The van der Waals surface area contributed by atoms with Gasteiger partial charge in [0.1, 0.15) is 5.82 Å². The molecule has 0 amide bonds. The molecule has 0 aliphatic heterocycles. The van der Waals surface area contributed by atoms with Gasteiger partial charge in [-0.25, -0.2) is 4.39 Å². The van der Waals surface area contributed by atoms with Crippen LogP contribution in [0.3, 0.4) is 0 Å². The van der Waals surface area contributed by atoms with Crippen LogP contribution in [0.2, 0.25) is 0 Å².